The van der Waals surface area contributed by atoms with E-state index in [0.29, 0.717) is 0 Å². The van der Waals surface area contributed by atoms with E-state index in [2.05, 4.69) is 183 Å². The Morgan fingerprint density at radius 2 is 0.955 bits per heavy atom. The lowest BCUT2D eigenvalue weighted by atomic mass is 9.81. The summed E-state index contributed by atoms with van der Waals surface area (Å²) < 4.78 is 0. The third-order valence-corrected chi connectivity index (χ3v) is 9.27. The molecule has 0 N–H and O–H groups in total. The van der Waals surface area contributed by atoms with E-state index < -0.39 is 0 Å². The second-order valence-electron chi connectivity index (χ2n) is 12.1. The topological polar surface area (TPSA) is 3.24 Å². The van der Waals surface area contributed by atoms with Gasteiger partial charge in [0.25, 0.3) is 0 Å². The quantitative estimate of drug-likeness (QED) is 0.201. The molecule has 7 aromatic rings. The Morgan fingerprint density at radius 1 is 0.409 bits per heavy atom. The molecule has 0 unspecified atom stereocenters. The number of fused-ring (bicyclic) bond motifs is 5. The third-order valence-electron chi connectivity index (χ3n) is 9.27. The minimum absolute atomic E-state index is 0.119. The summed E-state index contributed by atoms with van der Waals surface area (Å²) >= 11 is 0. The first-order valence-electron chi connectivity index (χ1n) is 15.4. The van der Waals surface area contributed by atoms with Crippen LogP contribution in [0.25, 0.3) is 44.2 Å². The molecule has 1 nitrogen and oxygen atoms in total. The van der Waals surface area contributed by atoms with Gasteiger partial charge in [0.15, 0.2) is 0 Å². The number of para-hydroxylation sites is 2. The molecular formula is C43H33N. The fourth-order valence-corrected chi connectivity index (χ4v) is 7.18. The van der Waals surface area contributed by atoms with Gasteiger partial charge in [0, 0.05) is 22.1 Å². The van der Waals surface area contributed by atoms with Gasteiger partial charge in [-0.15, -0.1) is 0 Å². The van der Waals surface area contributed by atoms with E-state index in [9.17, 15) is 0 Å². The van der Waals surface area contributed by atoms with Crippen molar-refractivity contribution < 1.29 is 0 Å². The molecule has 44 heavy (non-hydrogen) atoms. The first-order chi connectivity index (χ1) is 21.6. The highest BCUT2D eigenvalue weighted by molar-refractivity contribution is 6.10. The Morgan fingerprint density at radius 3 is 1.70 bits per heavy atom. The van der Waals surface area contributed by atoms with Crippen molar-refractivity contribution in [2.45, 2.75) is 19.3 Å². The zero-order valence-electron chi connectivity index (χ0n) is 25.0. The number of anilines is 3. The van der Waals surface area contributed by atoms with E-state index in [1.807, 2.05) is 0 Å². The third kappa shape index (κ3) is 4.08. The lowest BCUT2D eigenvalue weighted by Crippen LogP contribution is -2.17. The molecule has 0 saturated heterocycles. The molecule has 0 heterocycles. The number of hydrogen-bond donors (Lipinski definition) is 0. The van der Waals surface area contributed by atoms with Crippen LogP contribution >= 0.6 is 0 Å². The number of rotatable bonds is 5. The van der Waals surface area contributed by atoms with E-state index in [-0.39, 0.29) is 5.41 Å². The van der Waals surface area contributed by atoms with Crippen molar-refractivity contribution in [3.8, 4) is 33.4 Å². The summed E-state index contributed by atoms with van der Waals surface area (Å²) in [5, 5.41) is 2.54. The van der Waals surface area contributed by atoms with Crippen LogP contribution in [0.2, 0.25) is 0 Å². The predicted molar refractivity (Wildman–Crippen MR) is 187 cm³/mol. The van der Waals surface area contributed by atoms with Crippen molar-refractivity contribution in [3.05, 3.63) is 175 Å². The SMILES string of the molecule is CC1(C)c2ccccc2-c2c1cc(N(c1ccccc1)c1ccccc1-c1ccccc1-c1ccccc1)c1ccccc21. The van der Waals surface area contributed by atoms with Gasteiger partial charge in [-0.2, -0.15) is 0 Å². The van der Waals surface area contributed by atoms with Crippen LogP contribution in [0.15, 0.2) is 164 Å². The first-order valence-corrected chi connectivity index (χ1v) is 15.4. The van der Waals surface area contributed by atoms with Gasteiger partial charge in [-0.05, 0) is 68.6 Å². The highest BCUT2D eigenvalue weighted by Gasteiger charge is 2.37. The summed E-state index contributed by atoms with van der Waals surface area (Å²) in [6, 6.07) is 59.5. The Kier molecular flexibility index (Phi) is 6.20. The van der Waals surface area contributed by atoms with Crippen LogP contribution in [0.1, 0.15) is 25.0 Å². The van der Waals surface area contributed by atoms with Crippen LogP contribution in [-0.2, 0) is 5.41 Å². The summed E-state index contributed by atoms with van der Waals surface area (Å²) in [4.78, 5) is 2.47. The van der Waals surface area contributed by atoms with Crippen molar-refractivity contribution in [1.29, 1.82) is 0 Å². The van der Waals surface area contributed by atoms with Crippen LogP contribution in [-0.4, -0.2) is 0 Å². The molecule has 0 amide bonds. The van der Waals surface area contributed by atoms with Gasteiger partial charge in [0.05, 0.1) is 11.4 Å². The normalized spacial score (nSPS) is 13.0. The smallest absolute Gasteiger partial charge is 0.0543 e. The average molecular weight is 564 g/mol. The highest BCUT2D eigenvalue weighted by Crippen LogP contribution is 2.55. The van der Waals surface area contributed by atoms with Crippen LogP contribution < -0.4 is 4.90 Å². The van der Waals surface area contributed by atoms with Crippen molar-refractivity contribution in [2.24, 2.45) is 0 Å². The summed E-state index contributed by atoms with van der Waals surface area (Å²) in [6.45, 7) is 4.74. The fraction of sp³-hybridized carbons (Fsp3) is 0.0698. The lowest BCUT2D eigenvalue weighted by Gasteiger charge is -2.31. The molecule has 8 rings (SSSR count). The van der Waals surface area contributed by atoms with Gasteiger partial charge in [0.2, 0.25) is 0 Å². The first kappa shape index (κ1) is 26.2. The number of benzene rings is 7. The number of hydrogen-bond acceptors (Lipinski definition) is 1. The molecule has 1 aliphatic rings. The maximum Gasteiger partial charge on any atom is 0.0543 e. The minimum atomic E-state index is -0.119. The van der Waals surface area contributed by atoms with Gasteiger partial charge in [-0.3, -0.25) is 0 Å². The largest absolute Gasteiger partial charge is 0.309 e. The van der Waals surface area contributed by atoms with Crippen molar-refractivity contribution in [2.75, 3.05) is 4.90 Å². The monoisotopic (exact) mass is 563 g/mol. The molecular weight excluding hydrogens is 530 g/mol. The molecule has 0 aromatic heterocycles. The molecule has 0 saturated carbocycles. The molecule has 1 heteroatoms. The Labute approximate surface area is 259 Å². The Bertz CT molecular complexity index is 2140. The maximum absolute atomic E-state index is 2.47. The molecule has 0 bridgehead atoms. The van der Waals surface area contributed by atoms with E-state index in [0.717, 1.165) is 11.4 Å². The van der Waals surface area contributed by atoms with Gasteiger partial charge < -0.3 is 4.90 Å². The summed E-state index contributed by atoms with van der Waals surface area (Å²) in [5.74, 6) is 0. The standard InChI is InChI=1S/C43H33N/c1-43(2)38-27-15-13-26-37(38)42-36-25-12-11-24-35(36)41(29-39(42)43)44(31-19-7-4-8-20-31)40-28-16-14-23-34(40)33-22-10-9-21-32(33)30-17-5-3-6-18-30/h3-29H,1-2H3. The van der Waals surface area contributed by atoms with Crippen LogP contribution in [0.4, 0.5) is 17.1 Å². The average Bonchev–Trinajstić information content (AvgIpc) is 3.32. The second kappa shape index (κ2) is 10.4. The highest BCUT2D eigenvalue weighted by atomic mass is 15.1. The van der Waals surface area contributed by atoms with E-state index in [1.54, 1.807) is 0 Å². The number of nitrogens with zero attached hydrogens (tertiary/aromatic N) is 1. The maximum atomic E-state index is 2.47. The molecule has 0 atom stereocenters. The molecule has 0 radical (unpaired) electrons. The van der Waals surface area contributed by atoms with Gasteiger partial charge in [-0.25, -0.2) is 0 Å². The molecule has 0 fully saturated rings. The van der Waals surface area contributed by atoms with E-state index >= 15 is 0 Å². The van der Waals surface area contributed by atoms with Gasteiger partial charge >= 0.3 is 0 Å². The van der Waals surface area contributed by atoms with Crippen molar-refractivity contribution in [3.63, 3.8) is 0 Å². The molecule has 7 aromatic carbocycles. The van der Waals surface area contributed by atoms with Crippen LogP contribution in [0, 0.1) is 0 Å². The molecule has 0 spiro atoms. The van der Waals surface area contributed by atoms with Crippen LogP contribution in [0.3, 0.4) is 0 Å². The molecule has 0 aliphatic heterocycles. The van der Waals surface area contributed by atoms with Gasteiger partial charge in [-0.1, -0.05) is 153 Å². The van der Waals surface area contributed by atoms with E-state index in [4.69, 9.17) is 0 Å². The van der Waals surface area contributed by atoms with E-state index in [1.165, 1.54) is 61.0 Å². The second-order valence-corrected chi connectivity index (χ2v) is 12.1. The Balaban J connectivity index is 1.44. The van der Waals surface area contributed by atoms with Crippen molar-refractivity contribution >= 4 is 27.8 Å². The predicted octanol–water partition coefficient (Wildman–Crippen LogP) is 11.9. The molecule has 210 valence electrons. The lowest BCUT2D eigenvalue weighted by molar-refractivity contribution is 0.661. The van der Waals surface area contributed by atoms with Crippen LogP contribution in [0.5, 0.6) is 0 Å². The van der Waals surface area contributed by atoms with Crippen molar-refractivity contribution in [1.82, 2.24) is 0 Å². The zero-order valence-corrected chi connectivity index (χ0v) is 25.0. The fourth-order valence-electron chi connectivity index (χ4n) is 7.18. The summed E-state index contributed by atoms with van der Waals surface area (Å²) in [6.07, 6.45) is 0. The summed E-state index contributed by atoms with van der Waals surface area (Å²) in [7, 11) is 0. The zero-order chi connectivity index (χ0) is 29.7. The summed E-state index contributed by atoms with van der Waals surface area (Å²) in [5.41, 5.74) is 13.7. The molecule has 1 aliphatic carbocycles. The van der Waals surface area contributed by atoms with Gasteiger partial charge in [0.1, 0.15) is 0 Å². The minimum Gasteiger partial charge on any atom is -0.309 e. The Hall–Kier alpha value is -5.40.